The van der Waals surface area contributed by atoms with Crippen molar-refractivity contribution in [1.29, 1.82) is 0 Å². The predicted octanol–water partition coefficient (Wildman–Crippen LogP) is 2.81. The lowest BCUT2D eigenvalue weighted by atomic mass is 9.93. The third-order valence-electron chi connectivity index (χ3n) is 2.97. The van der Waals surface area contributed by atoms with Gasteiger partial charge in [0.2, 0.25) is 0 Å². The first kappa shape index (κ1) is 15.1. The lowest BCUT2D eigenvalue weighted by Gasteiger charge is -2.28. The quantitative estimate of drug-likeness (QED) is 0.837. The SMILES string of the molecule is Cc1cc(F)ccc1CNCC(C)(C)CN(C)C. The number of aryl methyl sites for hydroxylation is 1. The summed E-state index contributed by atoms with van der Waals surface area (Å²) in [6, 6.07) is 4.97. The molecule has 0 spiro atoms. The molecule has 0 aliphatic carbocycles. The van der Waals surface area contributed by atoms with Crippen molar-refractivity contribution in [1.82, 2.24) is 10.2 Å². The van der Waals surface area contributed by atoms with Crippen LogP contribution < -0.4 is 5.32 Å². The Balaban J connectivity index is 2.46. The largest absolute Gasteiger partial charge is 0.312 e. The van der Waals surface area contributed by atoms with Crippen molar-refractivity contribution in [3.8, 4) is 0 Å². The molecule has 0 aliphatic heterocycles. The Bertz CT molecular complexity index is 386. The summed E-state index contributed by atoms with van der Waals surface area (Å²) in [5.41, 5.74) is 2.40. The summed E-state index contributed by atoms with van der Waals surface area (Å²) in [4.78, 5) is 2.20. The van der Waals surface area contributed by atoms with E-state index in [1.54, 1.807) is 6.07 Å². The summed E-state index contributed by atoms with van der Waals surface area (Å²) in [7, 11) is 4.18. The van der Waals surface area contributed by atoms with E-state index in [1.807, 2.05) is 13.0 Å². The zero-order valence-corrected chi connectivity index (χ0v) is 12.2. The minimum absolute atomic E-state index is 0.163. The van der Waals surface area contributed by atoms with Gasteiger partial charge in [-0.05, 0) is 49.7 Å². The molecule has 102 valence electrons. The molecule has 0 fully saturated rings. The minimum atomic E-state index is -0.163. The molecule has 1 N–H and O–H groups in total. The molecule has 2 nitrogen and oxygen atoms in total. The second kappa shape index (κ2) is 6.30. The van der Waals surface area contributed by atoms with Crippen molar-refractivity contribution in [2.24, 2.45) is 5.41 Å². The first-order valence-electron chi connectivity index (χ1n) is 6.41. The van der Waals surface area contributed by atoms with Gasteiger partial charge in [0.15, 0.2) is 0 Å². The number of rotatable bonds is 6. The van der Waals surface area contributed by atoms with Crippen molar-refractivity contribution in [3.05, 3.63) is 35.1 Å². The van der Waals surface area contributed by atoms with Crippen molar-refractivity contribution in [2.75, 3.05) is 27.2 Å². The molecule has 0 radical (unpaired) electrons. The Morgan fingerprint density at radius 1 is 1.28 bits per heavy atom. The van der Waals surface area contributed by atoms with E-state index in [-0.39, 0.29) is 11.2 Å². The lowest BCUT2D eigenvalue weighted by molar-refractivity contribution is 0.232. The van der Waals surface area contributed by atoms with Gasteiger partial charge in [-0.15, -0.1) is 0 Å². The summed E-state index contributed by atoms with van der Waals surface area (Å²) < 4.78 is 13.0. The molecule has 0 aliphatic rings. The maximum absolute atomic E-state index is 13.0. The first-order chi connectivity index (χ1) is 8.30. The third kappa shape index (κ3) is 5.15. The van der Waals surface area contributed by atoms with Gasteiger partial charge < -0.3 is 10.2 Å². The van der Waals surface area contributed by atoms with E-state index in [0.29, 0.717) is 0 Å². The second-order valence-corrected chi connectivity index (χ2v) is 6.08. The van der Waals surface area contributed by atoms with E-state index in [9.17, 15) is 4.39 Å². The molecule has 18 heavy (non-hydrogen) atoms. The van der Waals surface area contributed by atoms with Gasteiger partial charge in [0.25, 0.3) is 0 Å². The summed E-state index contributed by atoms with van der Waals surface area (Å²) in [5, 5.41) is 3.46. The topological polar surface area (TPSA) is 15.3 Å². The fourth-order valence-corrected chi connectivity index (χ4v) is 2.31. The molecule has 3 heteroatoms. The van der Waals surface area contributed by atoms with Gasteiger partial charge in [-0.2, -0.15) is 0 Å². The fourth-order valence-electron chi connectivity index (χ4n) is 2.31. The van der Waals surface area contributed by atoms with Gasteiger partial charge in [0, 0.05) is 19.6 Å². The van der Waals surface area contributed by atoms with Gasteiger partial charge >= 0.3 is 0 Å². The van der Waals surface area contributed by atoms with Crippen molar-refractivity contribution >= 4 is 0 Å². The zero-order valence-electron chi connectivity index (χ0n) is 12.2. The number of nitrogens with zero attached hydrogens (tertiary/aromatic N) is 1. The summed E-state index contributed by atoms with van der Waals surface area (Å²) >= 11 is 0. The number of benzene rings is 1. The molecule has 0 saturated heterocycles. The van der Waals surface area contributed by atoms with E-state index in [0.717, 1.165) is 30.8 Å². The fraction of sp³-hybridized carbons (Fsp3) is 0.600. The molecular weight excluding hydrogens is 227 g/mol. The average molecular weight is 252 g/mol. The molecule has 1 aromatic rings. The van der Waals surface area contributed by atoms with Crippen LogP contribution in [0, 0.1) is 18.2 Å². The van der Waals surface area contributed by atoms with Gasteiger partial charge in [0.1, 0.15) is 5.82 Å². The summed E-state index contributed by atoms with van der Waals surface area (Å²) in [6.07, 6.45) is 0. The smallest absolute Gasteiger partial charge is 0.123 e. The van der Waals surface area contributed by atoms with E-state index < -0.39 is 0 Å². The van der Waals surface area contributed by atoms with Crippen LogP contribution in [0.25, 0.3) is 0 Å². The van der Waals surface area contributed by atoms with Crippen LogP contribution >= 0.6 is 0 Å². The Morgan fingerprint density at radius 2 is 1.94 bits per heavy atom. The van der Waals surface area contributed by atoms with Gasteiger partial charge in [-0.1, -0.05) is 19.9 Å². The minimum Gasteiger partial charge on any atom is -0.312 e. The molecular formula is C15H25FN2. The summed E-state index contributed by atoms with van der Waals surface area (Å²) in [5.74, 6) is -0.163. The number of halogens is 1. The first-order valence-corrected chi connectivity index (χ1v) is 6.41. The number of hydrogen-bond donors (Lipinski definition) is 1. The van der Waals surface area contributed by atoms with Crippen LogP contribution in [0.5, 0.6) is 0 Å². The van der Waals surface area contributed by atoms with Crippen LogP contribution in [0.4, 0.5) is 4.39 Å². The van der Waals surface area contributed by atoms with Gasteiger partial charge in [-0.3, -0.25) is 0 Å². The standard InChI is InChI=1S/C15H25FN2/c1-12-8-14(16)7-6-13(12)9-17-10-15(2,3)11-18(4)5/h6-8,17H,9-11H2,1-5H3. The van der Waals surface area contributed by atoms with Crippen LogP contribution in [-0.4, -0.2) is 32.1 Å². The molecule has 1 aromatic carbocycles. The summed E-state index contributed by atoms with van der Waals surface area (Å²) in [6.45, 7) is 9.23. The average Bonchev–Trinajstić information content (AvgIpc) is 2.19. The molecule has 0 unspecified atom stereocenters. The molecule has 0 heterocycles. The van der Waals surface area contributed by atoms with Crippen molar-refractivity contribution in [2.45, 2.75) is 27.3 Å². The highest BCUT2D eigenvalue weighted by molar-refractivity contribution is 5.26. The van der Waals surface area contributed by atoms with Crippen molar-refractivity contribution in [3.63, 3.8) is 0 Å². The normalized spacial score (nSPS) is 12.2. The molecule has 0 aromatic heterocycles. The highest BCUT2D eigenvalue weighted by Crippen LogP contribution is 2.15. The third-order valence-corrected chi connectivity index (χ3v) is 2.97. The van der Waals surface area contributed by atoms with E-state index in [2.05, 4.69) is 38.2 Å². The van der Waals surface area contributed by atoms with Crippen LogP contribution in [0.15, 0.2) is 18.2 Å². The maximum Gasteiger partial charge on any atom is 0.123 e. The van der Waals surface area contributed by atoms with Crippen molar-refractivity contribution < 1.29 is 4.39 Å². The number of nitrogens with one attached hydrogen (secondary N) is 1. The Morgan fingerprint density at radius 3 is 2.50 bits per heavy atom. The van der Waals surface area contributed by atoms with E-state index in [1.165, 1.54) is 6.07 Å². The Kier molecular flexibility index (Phi) is 5.29. The van der Waals surface area contributed by atoms with Crippen LogP contribution in [0.3, 0.4) is 0 Å². The van der Waals surface area contributed by atoms with E-state index >= 15 is 0 Å². The van der Waals surface area contributed by atoms with Crippen LogP contribution in [0.1, 0.15) is 25.0 Å². The molecule has 0 saturated carbocycles. The lowest BCUT2D eigenvalue weighted by Crippen LogP contribution is -2.37. The zero-order chi connectivity index (χ0) is 13.8. The highest BCUT2D eigenvalue weighted by atomic mass is 19.1. The highest BCUT2D eigenvalue weighted by Gasteiger charge is 2.18. The molecule has 1 rings (SSSR count). The number of hydrogen-bond acceptors (Lipinski definition) is 2. The maximum atomic E-state index is 13.0. The van der Waals surface area contributed by atoms with Gasteiger partial charge in [-0.25, -0.2) is 4.39 Å². The van der Waals surface area contributed by atoms with E-state index in [4.69, 9.17) is 0 Å². The molecule has 0 amide bonds. The predicted molar refractivity (Wildman–Crippen MR) is 75.2 cm³/mol. The Labute approximate surface area is 110 Å². The monoisotopic (exact) mass is 252 g/mol. The Hall–Kier alpha value is -0.930. The second-order valence-electron chi connectivity index (χ2n) is 6.08. The van der Waals surface area contributed by atoms with Crippen LogP contribution in [-0.2, 0) is 6.54 Å². The van der Waals surface area contributed by atoms with Crippen LogP contribution in [0.2, 0.25) is 0 Å². The molecule has 0 atom stereocenters. The van der Waals surface area contributed by atoms with Gasteiger partial charge in [0.05, 0.1) is 0 Å². The molecule has 0 bridgehead atoms.